The van der Waals surface area contributed by atoms with Crippen LogP contribution in [0.3, 0.4) is 0 Å². The van der Waals surface area contributed by atoms with Gasteiger partial charge in [-0.3, -0.25) is 0 Å². The zero-order valence-electron chi connectivity index (χ0n) is 7.10. The second-order valence-corrected chi connectivity index (χ2v) is 2.29. The van der Waals surface area contributed by atoms with Gasteiger partial charge in [0.25, 0.3) is 0 Å². The molecular formula is C6H9N5O2. The van der Waals surface area contributed by atoms with Crippen LogP contribution in [0.25, 0.3) is 0 Å². The minimum atomic E-state index is -0.640. The molecule has 0 radical (unpaired) electrons. The van der Waals surface area contributed by atoms with Crippen LogP contribution in [-0.4, -0.2) is 26.2 Å². The fourth-order valence-electron chi connectivity index (χ4n) is 0.766. The lowest BCUT2D eigenvalue weighted by Crippen LogP contribution is -2.04. The topological polar surface area (TPSA) is 85.9 Å². The van der Waals surface area contributed by atoms with Crippen LogP contribution in [0.5, 0.6) is 0 Å². The number of nitro groups is 1. The minimum absolute atomic E-state index is 0.353. The Labute approximate surface area is 74.2 Å². The number of aryl methyl sites for hydroxylation is 1. The van der Waals surface area contributed by atoms with Gasteiger partial charge in [-0.2, -0.15) is 4.68 Å². The fourth-order valence-corrected chi connectivity index (χ4v) is 0.766. The first-order valence-corrected chi connectivity index (χ1v) is 3.55. The molecule has 0 amide bonds. The van der Waals surface area contributed by atoms with Crippen LogP contribution in [0.2, 0.25) is 0 Å². The van der Waals surface area contributed by atoms with Crippen molar-refractivity contribution in [1.29, 1.82) is 0 Å². The maximum absolute atomic E-state index is 10.3. The summed E-state index contributed by atoms with van der Waals surface area (Å²) in [5.74, 6) is -0.0549. The number of rotatable bonds is 4. The molecule has 70 valence electrons. The van der Waals surface area contributed by atoms with E-state index in [1.165, 1.54) is 4.68 Å². The molecule has 0 fully saturated rings. The number of aromatic nitrogens is 3. The van der Waals surface area contributed by atoms with Gasteiger partial charge in [-0.05, 0) is 9.91 Å². The Kier molecular flexibility index (Phi) is 2.58. The number of nitrogens with zero attached hydrogens (tertiary/aromatic N) is 4. The normalized spacial score (nSPS) is 9.62. The zero-order valence-corrected chi connectivity index (χ0v) is 7.10. The summed E-state index contributed by atoms with van der Waals surface area (Å²) in [6.45, 7) is 3.98. The molecule has 0 aromatic carbocycles. The first-order valence-electron chi connectivity index (χ1n) is 3.55. The SMILES string of the molecule is C=CCNc1nc([N+](=O)[O-])nn1C. The number of hydrogen-bond donors (Lipinski definition) is 1. The quantitative estimate of drug-likeness (QED) is 0.412. The van der Waals surface area contributed by atoms with Crippen molar-refractivity contribution in [2.45, 2.75) is 0 Å². The van der Waals surface area contributed by atoms with E-state index in [1.807, 2.05) is 0 Å². The third-order valence-corrected chi connectivity index (χ3v) is 1.32. The van der Waals surface area contributed by atoms with Gasteiger partial charge in [-0.15, -0.1) is 6.58 Å². The molecule has 7 nitrogen and oxygen atoms in total. The molecule has 1 aromatic heterocycles. The maximum Gasteiger partial charge on any atom is 0.493 e. The number of nitrogens with one attached hydrogen (secondary N) is 1. The van der Waals surface area contributed by atoms with E-state index < -0.39 is 10.9 Å². The molecule has 7 heteroatoms. The van der Waals surface area contributed by atoms with E-state index in [1.54, 1.807) is 13.1 Å². The predicted molar refractivity (Wildman–Crippen MR) is 46.3 cm³/mol. The van der Waals surface area contributed by atoms with Crippen molar-refractivity contribution in [3.63, 3.8) is 0 Å². The van der Waals surface area contributed by atoms with Gasteiger partial charge in [0.2, 0.25) is 0 Å². The van der Waals surface area contributed by atoms with Crippen LogP contribution < -0.4 is 5.32 Å². The minimum Gasteiger partial charge on any atom is -0.390 e. The largest absolute Gasteiger partial charge is 0.493 e. The molecule has 0 saturated carbocycles. The highest BCUT2D eigenvalue weighted by molar-refractivity contribution is 5.28. The summed E-state index contributed by atoms with van der Waals surface area (Å²) in [7, 11) is 1.57. The molecule has 13 heavy (non-hydrogen) atoms. The summed E-state index contributed by atoms with van der Waals surface area (Å²) in [5, 5.41) is 16.6. The monoisotopic (exact) mass is 183 g/mol. The molecule has 0 bridgehead atoms. The van der Waals surface area contributed by atoms with Crippen LogP contribution in [0.1, 0.15) is 0 Å². The molecule has 1 N–H and O–H groups in total. The summed E-state index contributed by atoms with van der Waals surface area (Å²) in [5.41, 5.74) is 0. The van der Waals surface area contributed by atoms with Gasteiger partial charge in [0.1, 0.15) is 0 Å². The molecule has 0 aliphatic rings. The zero-order chi connectivity index (χ0) is 9.84. The van der Waals surface area contributed by atoms with Crippen molar-refractivity contribution in [2.24, 2.45) is 7.05 Å². The van der Waals surface area contributed by atoms with Crippen LogP contribution >= 0.6 is 0 Å². The molecular weight excluding hydrogens is 174 g/mol. The average Bonchev–Trinajstić information content (AvgIpc) is 2.44. The Balaban J connectivity index is 2.83. The lowest BCUT2D eigenvalue weighted by molar-refractivity contribution is -0.394. The number of anilines is 1. The Morgan fingerprint density at radius 1 is 1.85 bits per heavy atom. The van der Waals surface area contributed by atoms with E-state index in [-0.39, 0.29) is 0 Å². The van der Waals surface area contributed by atoms with Crippen molar-refractivity contribution >= 4 is 11.9 Å². The van der Waals surface area contributed by atoms with Crippen molar-refractivity contribution in [1.82, 2.24) is 14.8 Å². The van der Waals surface area contributed by atoms with E-state index in [0.29, 0.717) is 12.5 Å². The highest BCUT2D eigenvalue weighted by Crippen LogP contribution is 2.08. The highest BCUT2D eigenvalue weighted by atomic mass is 16.6. The molecule has 1 aromatic rings. The standard InChI is InChI=1S/C6H9N5O2/c1-3-4-7-5-8-6(11(12)13)9-10(5)2/h3H,1,4H2,2H3,(H,7,8,9). The third kappa shape index (κ3) is 2.01. The van der Waals surface area contributed by atoms with Gasteiger partial charge in [-0.1, -0.05) is 6.08 Å². The molecule has 1 rings (SSSR count). The van der Waals surface area contributed by atoms with Crippen molar-refractivity contribution in [3.8, 4) is 0 Å². The molecule has 0 aliphatic heterocycles. The van der Waals surface area contributed by atoms with Gasteiger partial charge < -0.3 is 15.4 Å². The Morgan fingerprint density at radius 3 is 3.00 bits per heavy atom. The van der Waals surface area contributed by atoms with E-state index in [9.17, 15) is 10.1 Å². The van der Waals surface area contributed by atoms with Gasteiger partial charge in [-0.25, -0.2) is 0 Å². The van der Waals surface area contributed by atoms with Crippen molar-refractivity contribution in [2.75, 3.05) is 11.9 Å². The predicted octanol–water partition coefficient (Wildman–Crippen LogP) is 0.321. The highest BCUT2D eigenvalue weighted by Gasteiger charge is 2.17. The lowest BCUT2D eigenvalue weighted by atomic mass is 10.6. The van der Waals surface area contributed by atoms with E-state index >= 15 is 0 Å². The van der Waals surface area contributed by atoms with Crippen molar-refractivity contribution in [3.05, 3.63) is 22.8 Å². The van der Waals surface area contributed by atoms with Gasteiger partial charge in [0.05, 0.1) is 0 Å². The molecule has 1 heterocycles. The van der Waals surface area contributed by atoms with Crippen molar-refractivity contribution < 1.29 is 4.92 Å². The first-order chi connectivity index (χ1) is 6.15. The van der Waals surface area contributed by atoms with Gasteiger partial charge in [0, 0.05) is 18.7 Å². The van der Waals surface area contributed by atoms with Gasteiger partial charge in [0.15, 0.2) is 0 Å². The Hall–Kier alpha value is -1.92. The molecule has 0 aliphatic carbocycles. The second kappa shape index (κ2) is 3.65. The number of hydrogen-bond acceptors (Lipinski definition) is 5. The maximum atomic E-state index is 10.3. The second-order valence-electron chi connectivity index (χ2n) is 2.29. The van der Waals surface area contributed by atoms with E-state index in [4.69, 9.17) is 0 Å². The van der Waals surface area contributed by atoms with E-state index in [2.05, 4.69) is 22.0 Å². The molecule has 0 atom stereocenters. The summed E-state index contributed by atoms with van der Waals surface area (Å²) in [4.78, 5) is 13.3. The molecule has 0 saturated heterocycles. The Morgan fingerprint density at radius 2 is 2.54 bits per heavy atom. The average molecular weight is 183 g/mol. The lowest BCUT2D eigenvalue weighted by Gasteiger charge is -1.93. The van der Waals surface area contributed by atoms with Crippen LogP contribution in [0.15, 0.2) is 12.7 Å². The first kappa shape index (κ1) is 9.17. The van der Waals surface area contributed by atoms with Crippen LogP contribution in [-0.2, 0) is 7.05 Å². The van der Waals surface area contributed by atoms with Crippen LogP contribution in [0.4, 0.5) is 11.9 Å². The Bertz CT molecular complexity index is 332. The summed E-state index contributed by atoms with van der Waals surface area (Å²) in [6, 6.07) is 0. The summed E-state index contributed by atoms with van der Waals surface area (Å²) in [6.07, 6.45) is 1.63. The smallest absolute Gasteiger partial charge is 0.390 e. The van der Waals surface area contributed by atoms with Gasteiger partial charge >= 0.3 is 11.9 Å². The van der Waals surface area contributed by atoms with E-state index in [0.717, 1.165) is 0 Å². The summed E-state index contributed by atoms with van der Waals surface area (Å²) < 4.78 is 1.31. The third-order valence-electron chi connectivity index (χ3n) is 1.32. The molecule has 0 spiro atoms. The molecule has 0 unspecified atom stereocenters. The van der Waals surface area contributed by atoms with Crippen LogP contribution in [0, 0.1) is 10.1 Å². The summed E-state index contributed by atoms with van der Waals surface area (Å²) >= 11 is 0. The fraction of sp³-hybridized carbons (Fsp3) is 0.333.